The largest absolute Gasteiger partial charge is 0.398 e. The summed E-state index contributed by atoms with van der Waals surface area (Å²) in [4.78, 5) is 12.4. The minimum atomic E-state index is -0.170. The molecule has 2 aromatic rings. The van der Waals surface area contributed by atoms with Crippen molar-refractivity contribution in [3.8, 4) is 0 Å². The summed E-state index contributed by atoms with van der Waals surface area (Å²) in [7, 11) is 0. The quantitative estimate of drug-likeness (QED) is 0.702. The average Bonchev–Trinajstić information content (AvgIpc) is 2.64. The van der Waals surface area contributed by atoms with E-state index in [0.717, 1.165) is 36.2 Å². The highest BCUT2D eigenvalue weighted by Crippen LogP contribution is 2.37. The van der Waals surface area contributed by atoms with E-state index < -0.39 is 0 Å². The predicted octanol–water partition coefficient (Wildman–Crippen LogP) is 4.25. The first-order chi connectivity index (χ1) is 12.5. The Morgan fingerprint density at radius 2 is 1.73 bits per heavy atom. The molecule has 0 fully saturated rings. The van der Waals surface area contributed by atoms with E-state index >= 15 is 0 Å². The van der Waals surface area contributed by atoms with Gasteiger partial charge in [-0.05, 0) is 48.3 Å². The van der Waals surface area contributed by atoms with Gasteiger partial charge in [0.05, 0.1) is 22.7 Å². The summed E-state index contributed by atoms with van der Waals surface area (Å²) >= 11 is 5.98. The normalized spacial score (nSPS) is 18.4. The second kappa shape index (κ2) is 9.60. The van der Waals surface area contributed by atoms with Crippen LogP contribution >= 0.6 is 11.6 Å². The van der Waals surface area contributed by atoms with Crippen molar-refractivity contribution in [3.05, 3.63) is 64.2 Å². The van der Waals surface area contributed by atoms with Crippen LogP contribution in [0.3, 0.4) is 0 Å². The van der Waals surface area contributed by atoms with Gasteiger partial charge in [0.2, 0.25) is 5.91 Å². The fourth-order valence-corrected chi connectivity index (χ4v) is 3.33. The summed E-state index contributed by atoms with van der Waals surface area (Å²) in [5.74, 6) is -0.0168. The highest BCUT2D eigenvalue weighted by Gasteiger charge is 2.32. The topological polar surface area (TPSA) is 67.2 Å². The molecule has 0 spiro atoms. The Hall–Kier alpha value is -2.04. The van der Waals surface area contributed by atoms with Crippen LogP contribution in [-0.4, -0.2) is 19.0 Å². The Kier molecular flexibility index (Phi) is 7.49. The van der Waals surface area contributed by atoms with Gasteiger partial charge < -0.3 is 16.4 Å². The molecule has 26 heavy (non-hydrogen) atoms. The zero-order valence-corrected chi connectivity index (χ0v) is 16.4. The molecular formula is C21H28ClN3O. The van der Waals surface area contributed by atoms with E-state index in [0.29, 0.717) is 10.7 Å². The Morgan fingerprint density at radius 1 is 1.08 bits per heavy atom. The number of benzene rings is 2. The zero-order valence-electron chi connectivity index (χ0n) is 15.7. The van der Waals surface area contributed by atoms with Gasteiger partial charge in [-0.25, -0.2) is 0 Å². The summed E-state index contributed by atoms with van der Waals surface area (Å²) in [5, 5.41) is 6.74. The van der Waals surface area contributed by atoms with E-state index in [1.54, 1.807) is 6.07 Å². The number of hydrogen-bond donors (Lipinski definition) is 3. The van der Waals surface area contributed by atoms with E-state index in [4.69, 9.17) is 17.3 Å². The van der Waals surface area contributed by atoms with Crippen LogP contribution < -0.4 is 16.4 Å². The molecule has 0 aliphatic carbocycles. The van der Waals surface area contributed by atoms with E-state index in [-0.39, 0.29) is 17.9 Å². The molecule has 0 bridgehead atoms. The molecule has 0 saturated carbocycles. The molecule has 1 aliphatic heterocycles. The lowest BCUT2D eigenvalue weighted by Crippen LogP contribution is -2.38. The average molecular weight is 374 g/mol. The maximum absolute atomic E-state index is 12.4. The smallest absolute Gasteiger partial charge is 0.228 e. The number of rotatable bonds is 4. The van der Waals surface area contributed by atoms with Gasteiger partial charge >= 0.3 is 0 Å². The van der Waals surface area contributed by atoms with Crippen LogP contribution in [0.2, 0.25) is 5.02 Å². The zero-order chi connectivity index (χ0) is 19.1. The molecule has 2 atom stereocenters. The van der Waals surface area contributed by atoms with Gasteiger partial charge in [-0.15, -0.1) is 0 Å². The number of nitrogen functional groups attached to an aromatic ring is 1. The predicted molar refractivity (Wildman–Crippen MR) is 110 cm³/mol. The third kappa shape index (κ3) is 4.57. The lowest BCUT2D eigenvalue weighted by Gasteiger charge is -2.32. The number of anilines is 1. The number of fused-ring (bicyclic) bond motifs is 1. The number of nitrogens with one attached hydrogen (secondary N) is 2. The third-order valence-corrected chi connectivity index (χ3v) is 4.89. The number of hydrogen-bond acceptors (Lipinski definition) is 3. The second-order valence-electron chi connectivity index (χ2n) is 6.27. The molecule has 1 heterocycles. The first-order valence-electron chi connectivity index (χ1n) is 9.18. The minimum absolute atomic E-state index is 0.0646. The van der Waals surface area contributed by atoms with Crippen molar-refractivity contribution >= 4 is 23.2 Å². The molecular weight excluding hydrogens is 346 g/mol. The molecule has 1 aliphatic rings. The van der Waals surface area contributed by atoms with E-state index in [2.05, 4.69) is 30.5 Å². The number of halogens is 1. The van der Waals surface area contributed by atoms with Crippen LogP contribution in [0.5, 0.6) is 0 Å². The summed E-state index contributed by atoms with van der Waals surface area (Å²) in [6.45, 7) is 8.42. The van der Waals surface area contributed by atoms with Crippen molar-refractivity contribution in [2.75, 3.05) is 18.8 Å². The molecule has 0 saturated heterocycles. The van der Waals surface area contributed by atoms with Crippen LogP contribution in [-0.2, 0) is 4.79 Å². The Morgan fingerprint density at radius 3 is 2.27 bits per heavy atom. The highest BCUT2D eigenvalue weighted by molar-refractivity contribution is 6.33. The van der Waals surface area contributed by atoms with Crippen molar-refractivity contribution in [2.45, 2.75) is 39.2 Å². The second-order valence-corrected chi connectivity index (χ2v) is 6.68. The first kappa shape index (κ1) is 20.3. The molecule has 0 radical (unpaired) electrons. The van der Waals surface area contributed by atoms with Crippen molar-refractivity contribution in [3.63, 3.8) is 0 Å². The molecule has 4 N–H and O–H groups in total. The molecule has 5 heteroatoms. The van der Waals surface area contributed by atoms with Crippen LogP contribution in [0.4, 0.5) is 5.69 Å². The lowest BCUT2D eigenvalue weighted by molar-refractivity contribution is -0.123. The van der Waals surface area contributed by atoms with Crippen LogP contribution in [0.25, 0.3) is 0 Å². The van der Waals surface area contributed by atoms with Crippen LogP contribution in [0.1, 0.15) is 55.8 Å². The fraction of sp³-hybridized carbons (Fsp3) is 0.381. The summed E-state index contributed by atoms with van der Waals surface area (Å²) in [6.07, 6.45) is 0.790. The first-order valence-corrected chi connectivity index (χ1v) is 9.56. The lowest BCUT2D eigenvalue weighted by atomic mass is 9.82. The number of carbonyl (C=O) groups is 1. The fourth-order valence-electron chi connectivity index (χ4n) is 3.21. The molecule has 2 unspecified atom stereocenters. The maximum Gasteiger partial charge on any atom is 0.228 e. The number of nitrogens with two attached hydrogens (primary N) is 1. The van der Waals surface area contributed by atoms with Gasteiger partial charge in [-0.3, -0.25) is 4.79 Å². The Bertz CT molecular complexity index is 746. The van der Waals surface area contributed by atoms with Crippen LogP contribution in [0, 0.1) is 0 Å². The number of amides is 1. The Balaban J connectivity index is 0.000000431. The summed E-state index contributed by atoms with van der Waals surface area (Å²) in [6, 6.07) is 13.4. The maximum atomic E-state index is 12.4. The molecule has 3 rings (SSSR count). The van der Waals surface area contributed by atoms with Crippen molar-refractivity contribution in [2.24, 2.45) is 0 Å². The van der Waals surface area contributed by atoms with E-state index in [9.17, 15) is 4.79 Å². The molecule has 140 valence electrons. The van der Waals surface area contributed by atoms with Gasteiger partial charge in [-0.1, -0.05) is 62.7 Å². The standard InChI is InChI=1S/C17H17ClN2O.C4H11N/c1-2-11-12-5-3-4-6-13(12)16(20-17(11)21)10-7-8-14(18)15(19)9-10;1-3-5-4-2/h3-9,11,16H,2,19H2,1H3,(H,20,21);5H,3-4H2,1-2H3. The Labute approximate surface area is 161 Å². The van der Waals surface area contributed by atoms with Gasteiger partial charge in [0.25, 0.3) is 0 Å². The van der Waals surface area contributed by atoms with Crippen molar-refractivity contribution < 1.29 is 4.79 Å². The molecule has 4 nitrogen and oxygen atoms in total. The van der Waals surface area contributed by atoms with E-state index in [1.165, 1.54) is 0 Å². The third-order valence-electron chi connectivity index (χ3n) is 4.55. The van der Waals surface area contributed by atoms with Gasteiger partial charge in [0, 0.05) is 0 Å². The summed E-state index contributed by atoms with van der Waals surface area (Å²) < 4.78 is 0. The van der Waals surface area contributed by atoms with Crippen molar-refractivity contribution in [1.29, 1.82) is 0 Å². The SMILES string of the molecule is CCC1C(=O)NC(c2ccc(Cl)c(N)c2)c2ccccc21.CCNCC. The van der Waals surface area contributed by atoms with E-state index in [1.807, 2.05) is 37.3 Å². The van der Waals surface area contributed by atoms with Crippen molar-refractivity contribution in [1.82, 2.24) is 10.6 Å². The molecule has 1 amide bonds. The van der Waals surface area contributed by atoms with Gasteiger partial charge in [-0.2, -0.15) is 0 Å². The molecule has 0 aromatic heterocycles. The minimum Gasteiger partial charge on any atom is -0.398 e. The van der Waals surface area contributed by atoms with Gasteiger partial charge in [0.1, 0.15) is 0 Å². The van der Waals surface area contributed by atoms with Gasteiger partial charge in [0.15, 0.2) is 0 Å². The summed E-state index contributed by atoms with van der Waals surface area (Å²) in [5.41, 5.74) is 9.60. The highest BCUT2D eigenvalue weighted by atomic mass is 35.5. The molecule has 2 aromatic carbocycles. The monoisotopic (exact) mass is 373 g/mol. The van der Waals surface area contributed by atoms with Crippen LogP contribution in [0.15, 0.2) is 42.5 Å². The number of carbonyl (C=O) groups excluding carboxylic acids is 1.